The van der Waals surface area contributed by atoms with E-state index in [1.54, 1.807) is 53.3 Å². The molecule has 3 heterocycles. The van der Waals surface area contributed by atoms with Crippen LogP contribution in [0.25, 0.3) is 22.3 Å². The maximum Gasteiger partial charge on any atom is 0.414 e. The summed E-state index contributed by atoms with van der Waals surface area (Å²) in [5.74, 6) is 0.654. The Labute approximate surface area is 272 Å². The van der Waals surface area contributed by atoms with Gasteiger partial charge in [-0.1, -0.05) is 29.8 Å². The lowest BCUT2D eigenvalue weighted by Crippen LogP contribution is -2.44. The molecule has 6 rings (SSSR count). The Balaban J connectivity index is 1.36. The number of urea groups is 1. The van der Waals surface area contributed by atoms with Gasteiger partial charge in [0.2, 0.25) is 0 Å². The van der Waals surface area contributed by atoms with Gasteiger partial charge >= 0.3 is 12.1 Å². The standard InChI is InChI=1S/C35H35ClFN5O4/c1-35(2,3)46-34(44)42-17-16-40(29-8-6-7-9-30(29)42)31-19-23(12-13-38-31)26-21-24(37)20-25(32(26)45-5)22-10-11-28(27(36)18-22)41-15-14-39(4)33(41)43/h6-13,18-21H,14-17H2,1-5H3. The summed E-state index contributed by atoms with van der Waals surface area (Å²) >= 11 is 6.68. The second-order valence-electron chi connectivity index (χ2n) is 12.2. The summed E-state index contributed by atoms with van der Waals surface area (Å²) in [5.41, 5.74) is 3.89. The molecule has 0 spiro atoms. The predicted octanol–water partition coefficient (Wildman–Crippen LogP) is 7.98. The monoisotopic (exact) mass is 643 g/mol. The van der Waals surface area contributed by atoms with Gasteiger partial charge in [-0.15, -0.1) is 0 Å². The van der Waals surface area contributed by atoms with Crippen LogP contribution in [-0.4, -0.2) is 67.9 Å². The molecule has 238 valence electrons. The fourth-order valence-electron chi connectivity index (χ4n) is 5.85. The zero-order chi connectivity index (χ0) is 32.7. The van der Waals surface area contributed by atoms with Crippen molar-refractivity contribution < 1.29 is 23.5 Å². The molecule has 4 aromatic rings. The number of amides is 3. The van der Waals surface area contributed by atoms with E-state index in [4.69, 9.17) is 21.1 Å². The second-order valence-corrected chi connectivity index (χ2v) is 12.6. The lowest BCUT2D eigenvalue weighted by atomic mass is 9.97. The van der Waals surface area contributed by atoms with Crippen LogP contribution >= 0.6 is 11.6 Å². The molecule has 1 fully saturated rings. The van der Waals surface area contributed by atoms with E-state index in [-0.39, 0.29) is 6.03 Å². The molecule has 0 atom stereocenters. The molecule has 0 radical (unpaired) electrons. The first-order valence-corrected chi connectivity index (χ1v) is 15.4. The Hall–Kier alpha value is -4.83. The molecule has 0 bridgehead atoms. The minimum absolute atomic E-state index is 0.123. The molecule has 9 nitrogen and oxygen atoms in total. The van der Waals surface area contributed by atoms with Crippen LogP contribution in [0.2, 0.25) is 5.02 Å². The molecule has 3 amide bonds. The van der Waals surface area contributed by atoms with Crippen molar-refractivity contribution in [1.29, 1.82) is 0 Å². The van der Waals surface area contributed by atoms with Crippen LogP contribution in [0, 0.1) is 5.82 Å². The van der Waals surface area contributed by atoms with Gasteiger partial charge in [0.15, 0.2) is 0 Å². The van der Waals surface area contributed by atoms with Crippen LogP contribution in [0.5, 0.6) is 5.75 Å². The van der Waals surface area contributed by atoms with Crippen LogP contribution in [0.4, 0.5) is 36.9 Å². The number of likely N-dealkylation sites (N-methyl/N-ethyl adjacent to an activating group) is 1. The van der Waals surface area contributed by atoms with E-state index in [1.165, 1.54) is 12.1 Å². The maximum absolute atomic E-state index is 15.3. The molecule has 1 aromatic heterocycles. The molecule has 46 heavy (non-hydrogen) atoms. The quantitative estimate of drug-likeness (QED) is 0.219. The number of carbonyl (C=O) groups is 2. The van der Waals surface area contributed by atoms with Crippen LogP contribution in [-0.2, 0) is 4.74 Å². The topological polar surface area (TPSA) is 78.5 Å². The molecule has 0 saturated carbocycles. The average Bonchev–Trinajstić information content (AvgIpc) is 3.36. The molecule has 1 saturated heterocycles. The Bertz CT molecular complexity index is 1830. The number of carbonyl (C=O) groups excluding carboxylic acids is 2. The number of methoxy groups -OCH3 is 1. The summed E-state index contributed by atoms with van der Waals surface area (Å²) in [4.78, 5) is 37.2. The summed E-state index contributed by atoms with van der Waals surface area (Å²) in [6.45, 7) is 7.53. The molecule has 2 aliphatic heterocycles. The average molecular weight is 644 g/mol. The first-order chi connectivity index (χ1) is 21.9. The van der Waals surface area contributed by atoms with Crippen molar-refractivity contribution in [3.8, 4) is 28.0 Å². The van der Waals surface area contributed by atoms with Gasteiger partial charge in [0.1, 0.15) is 23.0 Å². The van der Waals surface area contributed by atoms with E-state index in [2.05, 4.69) is 4.98 Å². The molecule has 0 N–H and O–H groups in total. The minimum Gasteiger partial charge on any atom is -0.495 e. The van der Waals surface area contributed by atoms with Crippen LogP contribution in [0.3, 0.4) is 0 Å². The summed E-state index contributed by atoms with van der Waals surface area (Å²) in [5, 5.41) is 0.379. The van der Waals surface area contributed by atoms with E-state index < -0.39 is 17.5 Å². The van der Waals surface area contributed by atoms with Gasteiger partial charge in [0, 0.05) is 50.6 Å². The highest BCUT2D eigenvalue weighted by molar-refractivity contribution is 6.34. The lowest BCUT2D eigenvalue weighted by Gasteiger charge is -2.37. The zero-order valence-electron chi connectivity index (χ0n) is 26.4. The Morgan fingerprint density at radius 3 is 2.17 bits per heavy atom. The summed E-state index contributed by atoms with van der Waals surface area (Å²) in [6, 6.07) is 19.3. The smallest absolute Gasteiger partial charge is 0.414 e. The van der Waals surface area contributed by atoms with Crippen LogP contribution in [0.1, 0.15) is 20.8 Å². The summed E-state index contributed by atoms with van der Waals surface area (Å²) in [7, 11) is 3.29. The maximum atomic E-state index is 15.3. The fourth-order valence-corrected chi connectivity index (χ4v) is 6.13. The number of rotatable bonds is 5. The van der Waals surface area contributed by atoms with Gasteiger partial charge in [-0.2, -0.15) is 0 Å². The van der Waals surface area contributed by atoms with E-state index in [1.807, 2.05) is 62.1 Å². The SMILES string of the molecule is COc1c(-c2ccnc(N3CCN(C(=O)OC(C)(C)C)c4ccccc43)c2)cc(F)cc1-c1ccc(N2CCN(C)C2=O)c(Cl)c1. The van der Waals surface area contributed by atoms with Crippen molar-refractivity contribution in [2.45, 2.75) is 26.4 Å². The zero-order valence-corrected chi connectivity index (χ0v) is 27.1. The van der Waals surface area contributed by atoms with Crippen LogP contribution < -0.4 is 19.4 Å². The van der Waals surface area contributed by atoms with Gasteiger partial charge < -0.3 is 19.3 Å². The highest BCUT2D eigenvalue weighted by atomic mass is 35.5. The highest BCUT2D eigenvalue weighted by Gasteiger charge is 2.32. The van der Waals surface area contributed by atoms with Crippen molar-refractivity contribution >= 4 is 46.6 Å². The van der Waals surface area contributed by atoms with Gasteiger partial charge in [0.05, 0.1) is 29.2 Å². The molecule has 2 aliphatic rings. The Morgan fingerprint density at radius 2 is 1.54 bits per heavy atom. The fraction of sp³-hybridized carbons (Fsp3) is 0.286. The van der Waals surface area contributed by atoms with Gasteiger partial charge in [-0.3, -0.25) is 9.80 Å². The first-order valence-electron chi connectivity index (χ1n) is 15.0. The molecule has 0 unspecified atom stereocenters. The number of para-hydroxylation sites is 2. The second kappa shape index (κ2) is 12.2. The normalized spacial score (nSPS) is 14.9. The number of benzene rings is 3. The molecular weight excluding hydrogens is 609 g/mol. The van der Waals surface area contributed by atoms with Crippen molar-refractivity contribution in [2.75, 3.05) is 55.0 Å². The number of hydrogen-bond donors (Lipinski definition) is 0. The number of anilines is 4. The third-order valence-electron chi connectivity index (χ3n) is 7.98. The van der Waals surface area contributed by atoms with E-state index in [9.17, 15) is 9.59 Å². The summed E-state index contributed by atoms with van der Waals surface area (Å²) < 4.78 is 26.9. The Morgan fingerprint density at radius 1 is 0.870 bits per heavy atom. The molecule has 0 aliphatic carbocycles. The van der Waals surface area contributed by atoms with E-state index in [0.29, 0.717) is 76.4 Å². The highest BCUT2D eigenvalue weighted by Crippen LogP contribution is 2.44. The molecule has 11 heteroatoms. The number of nitrogens with zero attached hydrogens (tertiary/aromatic N) is 5. The van der Waals surface area contributed by atoms with Gasteiger partial charge in [-0.05, 0) is 80.4 Å². The first kappa shape index (κ1) is 31.2. The third kappa shape index (κ3) is 5.92. The molecular formula is C35H35ClFN5O4. The minimum atomic E-state index is -0.626. The van der Waals surface area contributed by atoms with Crippen molar-refractivity contribution in [3.63, 3.8) is 0 Å². The van der Waals surface area contributed by atoms with Gasteiger partial charge in [0.25, 0.3) is 0 Å². The lowest BCUT2D eigenvalue weighted by molar-refractivity contribution is 0.0580. The van der Waals surface area contributed by atoms with E-state index in [0.717, 1.165) is 5.69 Å². The third-order valence-corrected chi connectivity index (χ3v) is 8.28. The number of hydrogen-bond acceptors (Lipinski definition) is 6. The number of ether oxygens (including phenoxy) is 2. The number of aromatic nitrogens is 1. The number of pyridine rings is 1. The Kier molecular flexibility index (Phi) is 8.24. The largest absolute Gasteiger partial charge is 0.495 e. The number of fused-ring (bicyclic) bond motifs is 1. The van der Waals surface area contributed by atoms with Crippen molar-refractivity contribution in [1.82, 2.24) is 9.88 Å². The van der Waals surface area contributed by atoms with E-state index >= 15 is 4.39 Å². The summed E-state index contributed by atoms with van der Waals surface area (Å²) in [6.07, 6.45) is 1.26. The predicted molar refractivity (Wildman–Crippen MR) is 179 cm³/mol. The number of halogens is 2. The van der Waals surface area contributed by atoms with Crippen LogP contribution in [0.15, 0.2) is 72.9 Å². The van der Waals surface area contributed by atoms with Crippen molar-refractivity contribution in [2.24, 2.45) is 0 Å². The van der Waals surface area contributed by atoms with Gasteiger partial charge in [-0.25, -0.2) is 19.0 Å². The van der Waals surface area contributed by atoms with Crippen molar-refractivity contribution in [3.05, 3.63) is 83.8 Å². The molecule has 3 aromatic carbocycles.